The molecule has 0 aliphatic heterocycles. The van der Waals surface area contributed by atoms with Gasteiger partial charge >= 0.3 is 0 Å². The molecule has 2 aromatic rings. The maximum atomic E-state index is 2.31. The molecule has 0 atom stereocenters. The zero-order valence-corrected chi connectivity index (χ0v) is 18.3. The minimum atomic E-state index is 1.23. The van der Waals surface area contributed by atoms with E-state index in [9.17, 15) is 0 Å². The number of aryl methyl sites for hydroxylation is 1. The van der Waals surface area contributed by atoms with Crippen molar-refractivity contribution in [1.82, 2.24) is 0 Å². The quantitative estimate of drug-likeness (QED) is 0.255. The molecular weight excluding hydrogens is 336 g/mol. The molecule has 0 aliphatic rings. The van der Waals surface area contributed by atoms with Gasteiger partial charge in [-0.25, -0.2) is 0 Å². The molecule has 0 heterocycles. The molecule has 0 unspecified atom stereocenters. The second-order valence-electron chi connectivity index (χ2n) is 8.41. The van der Waals surface area contributed by atoms with Gasteiger partial charge in [0.15, 0.2) is 0 Å². The van der Waals surface area contributed by atoms with Crippen molar-refractivity contribution in [2.24, 2.45) is 0 Å². The second-order valence-corrected chi connectivity index (χ2v) is 8.41. The van der Waals surface area contributed by atoms with Crippen LogP contribution in [-0.4, -0.2) is 0 Å². The van der Waals surface area contributed by atoms with Crippen molar-refractivity contribution < 1.29 is 0 Å². The molecule has 2 aromatic carbocycles. The molecule has 0 bridgehead atoms. The van der Waals surface area contributed by atoms with Crippen molar-refractivity contribution in [2.45, 2.75) is 103 Å². The highest BCUT2D eigenvalue weighted by atomic mass is 14.0. The second kappa shape index (κ2) is 15.4. The zero-order valence-electron chi connectivity index (χ0n) is 18.3. The van der Waals surface area contributed by atoms with Crippen LogP contribution in [-0.2, 0) is 6.42 Å². The Labute approximate surface area is 174 Å². The normalized spacial score (nSPS) is 11.0. The van der Waals surface area contributed by atoms with Gasteiger partial charge in [0.25, 0.3) is 0 Å². The number of hydrogen-bond donors (Lipinski definition) is 0. The lowest BCUT2D eigenvalue weighted by molar-refractivity contribution is 0.535. The van der Waals surface area contributed by atoms with Crippen molar-refractivity contribution in [2.75, 3.05) is 0 Å². The number of rotatable bonds is 16. The Kier molecular flexibility index (Phi) is 12.5. The molecule has 0 fully saturated rings. The smallest absolute Gasteiger partial charge is 0.0184 e. The molecule has 2 rings (SSSR count). The number of hydrogen-bond acceptors (Lipinski definition) is 0. The van der Waals surface area contributed by atoms with Crippen LogP contribution in [0.3, 0.4) is 0 Å². The molecule has 0 spiro atoms. The van der Waals surface area contributed by atoms with Crippen LogP contribution in [0.1, 0.15) is 102 Å². The van der Waals surface area contributed by atoms with Gasteiger partial charge in [-0.05, 0) is 29.5 Å². The third-order valence-electron chi connectivity index (χ3n) is 5.88. The van der Waals surface area contributed by atoms with Crippen LogP contribution in [0, 0.1) is 0 Å². The molecule has 0 N–H and O–H groups in total. The van der Waals surface area contributed by atoms with Crippen LogP contribution < -0.4 is 0 Å². The molecule has 0 radical (unpaired) electrons. The molecule has 0 saturated carbocycles. The maximum Gasteiger partial charge on any atom is -0.0184 e. The SMILES string of the molecule is CCCCCCCCCCCCCCCCc1ccc(-c2ccccc2)cc1. The van der Waals surface area contributed by atoms with Crippen LogP contribution in [0.15, 0.2) is 54.6 Å². The standard InChI is InChI=1S/C28H42/c1-2-3-4-5-6-7-8-9-10-11-12-13-14-16-19-26-22-24-28(25-23-26)27-20-17-15-18-21-27/h15,17-18,20-25H,2-14,16,19H2,1H3. The zero-order chi connectivity index (χ0) is 19.7. The van der Waals surface area contributed by atoms with Crippen molar-refractivity contribution in [3.63, 3.8) is 0 Å². The highest BCUT2D eigenvalue weighted by Crippen LogP contribution is 2.20. The lowest BCUT2D eigenvalue weighted by atomic mass is 10.0. The summed E-state index contributed by atoms with van der Waals surface area (Å²) < 4.78 is 0. The Morgan fingerprint density at radius 2 is 0.857 bits per heavy atom. The Morgan fingerprint density at radius 3 is 1.36 bits per heavy atom. The number of unbranched alkanes of at least 4 members (excludes halogenated alkanes) is 13. The molecule has 0 aliphatic carbocycles. The van der Waals surface area contributed by atoms with Crippen LogP contribution >= 0.6 is 0 Å². The minimum absolute atomic E-state index is 1.23. The van der Waals surface area contributed by atoms with Crippen molar-refractivity contribution in [1.29, 1.82) is 0 Å². The first kappa shape index (κ1) is 22.7. The molecule has 0 amide bonds. The van der Waals surface area contributed by atoms with E-state index in [1.807, 2.05) is 0 Å². The summed E-state index contributed by atoms with van der Waals surface area (Å²) in [6.07, 6.45) is 21.3. The van der Waals surface area contributed by atoms with Gasteiger partial charge in [0.05, 0.1) is 0 Å². The molecule has 0 saturated heterocycles. The van der Waals surface area contributed by atoms with Gasteiger partial charge in [-0.1, -0.05) is 145 Å². The van der Waals surface area contributed by atoms with E-state index in [0.717, 1.165) is 0 Å². The first-order chi connectivity index (χ1) is 13.9. The predicted molar refractivity (Wildman–Crippen MR) is 126 cm³/mol. The minimum Gasteiger partial charge on any atom is -0.0654 e. The average Bonchev–Trinajstić information content (AvgIpc) is 2.75. The van der Waals surface area contributed by atoms with Crippen molar-refractivity contribution >= 4 is 0 Å². The van der Waals surface area contributed by atoms with E-state index < -0.39 is 0 Å². The lowest BCUT2D eigenvalue weighted by Gasteiger charge is -2.05. The van der Waals surface area contributed by atoms with Gasteiger partial charge < -0.3 is 0 Å². The van der Waals surface area contributed by atoms with E-state index in [2.05, 4.69) is 61.5 Å². The molecule has 0 aromatic heterocycles. The predicted octanol–water partition coefficient (Wildman–Crippen LogP) is 9.38. The Bertz CT molecular complexity index is 581. The summed E-state index contributed by atoms with van der Waals surface area (Å²) >= 11 is 0. The summed E-state index contributed by atoms with van der Waals surface area (Å²) in [5.74, 6) is 0. The van der Waals surface area contributed by atoms with E-state index in [1.54, 1.807) is 0 Å². The third-order valence-corrected chi connectivity index (χ3v) is 5.88. The summed E-state index contributed by atoms with van der Waals surface area (Å²) in [5.41, 5.74) is 4.12. The van der Waals surface area contributed by atoms with Crippen LogP contribution in [0.5, 0.6) is 0 Å². The number of benzene rings is 2. The Hall–Kier alpha value is -1.56. The summed E-state index contributed by atoms with van der Waals surface area (Å²) in [4.78, 5) is 0. The van der Waals surface area contributed by atoms with Crippen molar-refractivity contribution in [3.05, 3.63) is 60.2 Å². The van der Waals surface area contributed by atoms with Gasteiger partial charge in [0.2, 0.25) is 0 Å². The Balaban J connectivity index is 1.41. The van der Waals surface area contributed by atoms with E-state index in [1.165, 1.54) is 113 Å². The van der Waals surface area contributed by atoms with E-state index in [-0.39, 0.29) is 0 Å². The monoisotopic (exact) mass is 378 g/mol. The van der Waals surface area contributed by atoms with E-state index >= 15 is 0 Å². The van der Waals surface area contributed by atoms with Gasteiger partial charge in [-0.15, -0.1) is 0 Å². The van der Waals surface area contributed by atoms with Crippen LogP contribution in [0.2, 0.25) is 0 Å². The molecule has 0 heteroatoms. The molecule has 0 nitrogen and oxygen atoms in total. The first-order valence-corrected chi connectivity index (χ1v) is 12.0. The van der Waals surface area contributed by atoms with E-state index in [4.69, 9.17) is 0 Å². The van der Waals surface area contributed by atoms with E-state index in [0.29, 0.717) is 0 Å². The molecular formula is C28H42. The van der Waals surface area contributed by atoms with Gasteiger partial charge in [-0.2, -0.15) is 0 Å². The van der Waals surface area contributed by atoms with Crippen molar-refractivity contribution in [3.8, 4) is 11.1 Å². The topological polar surface area (TPSA) is 0 Å². The summed E-state index contributed by atoms with van der Waals surface area (Å²) in [6, 6.07) is 19.8. The van der Waals surface area contributed by atoms with Gasteiger partial charge in [0.1, 0.15) is 0 Å². The van der Waals surface area contributed by atoms with Crippen LogP contribution in [0.4, 0.5) is 0 Å². The fourth-order valence-corrected chi connectivity index (χ4v) is 4.02. The summed E-state index contributed by atoms with van der Waals surface area (Å²) in [7, 11) is 0. The Morgan fingerprint density at radius 1 is 0.429 bits per heavy atom. The summed E-state index contributed by atoms with van der Waals surface area (Å²) in [5, 5.41) is 0. The molecule has 28 heavy (non-hydrogen) atoms. The summed E-state index contributed by atoms with van der Waals surface area (Å²) in [6.45, 7) is 2.29. The van der Waals surface area contributed by atoms with Crippen LogP contribution in [0.25, 0.3) is 11.1 Å². The largest absolute Gasteiger partial charge is 0.0654 e. The van der Waals surface area contributed by atoms with Gasteiger partial charge in [-0.3, -0.25) is 0 Å². The first-order valence-electron chi connectivity index (χ1n) is 12.0. The maximum absolute atomic E-state index is 2.31. The lowest BCUT2D eigenvalue weighted by Crippen LogP contribution is -1.87. The highest BCUT2D eigenvalue weighted by Gasteiger charge is 1.98. The fraction of sp³-hybridized carbons (Fsp3) is 0.571. The average molecular weight is 379 g/mol. The third kappa shape index (κ3) is 10.1. The van der Waals surface area contributed by atoms with Gasteiger partial charge in [0, 0.05) is 0 Å². The fourth-order valence-electron chi connectivity index (χ4n) is 4.02. The highest BCUT2D eigenvalue weighted by molar-refractivity contribution is 5.63. The molecule has 154 valence electrons.